The van der Waals surface area contributed by atoms with Gasteiger partial charge in [-0.2, -0.15) is 0 Å². The highest BCUT2D eigenvalue weighted by Gasteiger charge is 1.86. The first-order valence-corrected chi connectivity index (χ1v) is 5.78. The van der Waals surface area contributed by atoms with Crippen molar-refractivity contribution in [3.05, 3.63) is 37.5 Å². The molecule has 0 rings (SSSR count). The number of rotatable bonds is 10. The minimum atomic E-state index is 1.11. The number of unbranched alkanes of at least 4 members (excludes halogenated alkanes) is 6. The summed E-state index contributed by atoms with van der Waals surface area (Å²) in [7, 11) is 0. The van der Waals surface area contributed by atoms with Gasteiger partial charge in [0.1, 0.15) is 0 Å². The molecule has 0 amide bonds. The van der Waals surface area contributed by atoms with Gasteiger partial charge in [0.25, 0.3) is 0 Å². The van der Waals surface area contributed by atoms with Crippen LogP contribution in [-0.4, -0.2) is 0 Å². The topological polar surface area (TPSA) is 0 Å². The molecule has 0 saturated carbocycles. The molecule has 0 unspecified atom stereocenters. The predicted octanol–water partition coefficient (Wildman–Crippen LogP) is 5.04. The third-order valence-electron chi connectivity index (χ3n) is 2.23. The van der Waals surface area contributed by atoms with E-state index >= 15 is 0 Å². The lowest BCUT2D eigenvalue weighted by atomic mass is 10.1. The number of hydrogen-bond donors (Lipinski definition) is 0. The Hall–Kier alpha value is -0.780. The SMILES string of the molecule is C=CCCC=CCCCCCCC=C. The molecule has 0 nitrogen and oxygen atoms in total. The third-order valence-corrected chi connectivity index (χ3v) is 2.23. The lowest BCUT2D eigenvalue weighted by Gasteiger charge is -1.96. The summed E-state index contributed by atoms with van der Waals surface area (Å²) in [6.07, 6.45) is 18.6. The fraction of sp³-hybridized carbons (Fsp3) is 0.571. The Morgan fingerprint density at radius 3 is 1.79 bits per heavy atom. The monoisotopic (exact) mass is 192 g/mol. The van der Waals surface area contributed by atoms with E-state index in [9.17, 15) is 0 Å². The average molecular weight is 192 g/mol. The standard InChI is InChI=1S/C14H24/c1-3-5-7-9-11-13-14-12-10-8-6-4-2/h3-4,9,11H,1-2,5-8,10,12-14H2. The molecule has 0 aliphatic rings. The van der Waals surface area contributed by atoms with Gasteiger partial charge in [-0.1, -0.05) is 37.1 Å². The molecule has 0 N–H and O–H groups in total. The molecule has 0 spiro atoms. The van der Waals surface area contributed by atoms with Crippen LogP contribution in [0.5, 0.6) is 0 Å². The Morgan fingerprint density at radius 1 is 0.571 bits per heavy atom. The molecule has 14 heavy (non-hydrogen) atoms. The van der Waals surface area contributed by atoms with Crippen molar-refractivity contribution < 1.29 is 0 Å². The molecule has 0 aromatic carbocycles. The van der Waals surface area contributed by atoms with Crippen LogP contribution < -0.4 is 0 Å². The van der Waals surface area contributed by atoms with Gasteiger partial charge in [-0.3, -0.25) is 0 Å². The van der Waals surface area contributed by atoms with Gasteiger partial charge in [0.15, 0.2) is 0 Å². The van der Waals surface area contributed by atoms with Gasteiger partial charge < -0.3 is 0 Å². The van der Waals surface area contributed by atoms with E-state index in [2.05, 4.69) is 25.3 Å². The van der Waals surface area contributed by atoms with E-state index < -0.39 is 0 Å². The van der Waals surface area contributed by atoms with Crippen molar-refractivity contribution in [3.63, 3.8) is 0 Å². The molecule has 0 fully saturated rings. The third kappa shape index (κ3) is 11.2. The Kier molecular flexibility index (Phi) is 11.5. The summed E-state index contributed by atoms with van der Waals surface area (Å²) in [5, 5.41) is 0. The van der Waals surface area contributed by atoms with E-state index in [1.54, 1.807) is 0 Å². The normalized spacial score (nSPS) is 10.6. The van der Waals surface area contributed by atoms with Gasteiger partial charge in [-0.05, 0) is 38.5 Å². The molecule has 0 heterocycles. The summed E-state index contributed by atoms with van der Waals surface area (Å²) < 4.78 is 0. The highest BCUT2D eigenvalue weighted by atomic mass is 13.9. The van der Waals surface area contributed by atoms with Crippen molar-refractivity contribution in [1.29, 1.82) is 0 Å². The second-order valence-corrected chi connectivity index (χ2v) is 3.62. The van der Waals surface area contributed by atoms with Crippen LogP contribution in [-0.2, 0) is 0 Å². The van der Waals surface area contributed by atoms with Crippen LogP contribution in [0, 0.1) is 0 Å². The lowest BCUT2D eigenvalue weighted by Crippen LogP contribution is -1.76. The lowest BCUT2D eigenvalue weighted by molar-refractivity contribution is 0.652. The van der Waals surface area contributed by atoms with Crippen LogP contribution in [0.2, 0.25) is 0 Å². The summed E-state index contributed by atoms with van der Waals surface area (Å²) >= 11 is 0. The van der Waals surface area contributed by atoms with E-state index in [-0.39, 0.29) is 0 Å². The van der Waals surface area contributed by atoms with Crippen molar-refractivity contribution in [2.45, 2.75) is 51.4 Å². The second-order valence-electron chi connectivity index (χ2n) is 3.62. The van der Waals surface area contributed by atoms with Crippen molar-refractivity contribution in [3.8, 4) is 0 Å². The minimum absolute atomic E-state index is 1.11. The Balaban J connectivity index is 3.00. The van der Waals surface area contributed by atoms with Crippen molar-refractivity contribution in [2.24, 2.45) is 0 Å². The zero-order valence-electron chi connectivity index (χ0n) is 9.38. The molecule has 0 aliphatic heterocycles. The Labute approximate surface area is 89.4 Å². The molecule has 0 radical (unpaired) electrons. The first-order valence-electron chi connectivity index (χ1n) is 5.78. The van der Waals surface area contributed by atoms with Crippen LogP contribution in [0.15, 0.2) is 37.5 Å². The predicted molar refractivity (Wildman–Crippen MR) is 66.5 cm³/mol. The first-order chi connectivity index (χ1) is 6.91. The maximum absolute atomic E-state index is 3.72. The zero-order chi connectivity index (χ0) is 10.5. The molecule has 0 bridgehead atoms. The summed E-state index contributed by atoms with van der Waals surface area (Å²) in [4.78, 5) is 0. The maximum Gasteiger partial charge on any atom is -0.0316 e. The van der Waals surface area contributed by atoms with Crippen LogP contribution >= 0.6 is 0 Å². The molecular formula is C14H24. The second kappa shape index (κ2) is 12.2. The van der Waals surface area contributed by atoms with E-state index in [1.165, 1.54) is 38.5 Å². The molecule has 0 atom stereocenters. The van der Waals surface area contributed by atoms with Gasteiger partial charge in [-0.25, -0.2) is 0 Å². The van der Waals surface area contributed by atoms with Gasteiger partial charge in [0, 0.05) is 0 Å². The quantitative estimate of drug-likeness (QED) is 0.336. The Morgan fingerprint density at radius 2 is 1.14 bits per heavy atom. The van der Waals surface area contributed by atoms with Gasteiger partial charge in [-0.15, -0.1) is 13.2 Å². The van der Waals surface area contributed by atoms with Gasteiger partial charge in [0.05, 0.1) is 0 Å². The molecular weight excluding hydrogens is 168 g/mol. The molecule has 0 aliphatic carbocycles. The molecule has 80 valence electrons. The molecule has 0 saturated heterocycles. The van der Waals surface area contributed by atoms with Gasteiger partial charge in [0.2, 0.25) is 0 Å². The number of allylic oxidation sites excluding steroid dienone is 4. The first kappa shape index (κ1) is 13.2. The average Bonchev–Trinajstić information content (AvgIpc) is 2.21. The highest BCUT2D eigenvalue weighted by molar-refractivity contribution is 4.84. The van der Waals surface area contributed by atoms with Gasteiger partial charge >= 0.3 is 0 Å². The maximum atomic E-state index is 3.72. The van der Waals surface area contributed by atoms with E-state index in [1.807, 2.05) is 12.2 Å². The summed E-state index contributed by atoms with van der Waals surface area (Å²) in [5.41, 5.74) is 0. The molecule has 0 aromatic heterocycles. The summed E-state index contributed by atoms with van der Waals surface area (Å²) in [6, 6.07) is 0. The van der Waals surface area contributed by atoms with E-state index in [0.29, 0.717) is 0 Å². The van der Waals surface area contributed by atoms with Crippen LogP contribution in [0.4, 0.5) is 0 Å². The minimum Gasteiger partial charge on any atom is -0.103 e. The summed E-state index contributed by atoms with van der Waals surface area (Å²) in [6.45, 7) is 7.41. The van der Waals surface area contributed by atoms with Crippen LogP contribution in [0.3, 0.4) is 0 Å². The number of hydrogen-bond acceptors (Lipinski definition) is 0. The fourth-order valence-corrected chi connectivity index (χ4v) is 1.35. The van der Waals surface area contributed by atoms with Crippen molar-refractivity contribution in [2.75, 3.05) is 0 Å². The van der Waals surface area contributed by atoms with Crippen molar-refractivity contribution in [1.82, 2.24) is 0 Å². The summed E-state index contributed by atoms with van der Waals surface area (Å²) in [5.74, 6) is 0. The van der Waals surface area contributed by atoms with Crippen molar-refractivity contribution >= 4 is 0 Å². The van der Waals surface area contributed by atoms with Crippen LogP contribution in [0.1, 0.15) is 51.4 Å². The molecule has 0 heteroatoms. The van der Waals surface area contributed by atoms with Crippen LogP contribution in [0.25, 0.3) is 0 Å². The van der Waals surface area contributed by atoms with E-state index in [0.717, 1.165) is 12.8 Å². The van der Waals surface area contributed by atoms with E-state index in [4.69, 9.17) is 0 Å². The largest absolute Gasteiger partial charge is 0.103 e. The smallest absolute Gasteiger partial charge is 0.0316 e. The molecule has 0 aromatic rings. The Bertz CT molecular complexity index is 153. The zero-order valence-corrected chi connectivity index (χ0v) is 9.38. The highest BCUT2D eigenvalue weighted by Crippen LogP contribution is 2.06. The fourth-order valence-electron chi connectivity index (χ4n) is 1.35.